The fraction of sp³-hybridized carbons (Fsp3) is 0.500. The highest BCUT2D eigenvalue weighted by Crippen LogP contribution is 2.31. The second-order valence-corrected chi connectivity index (χ2v) is 5.95. The Labute approximate surface area is 135 Å². The first-order valence-electron chi connectivity index (χ1n) is 6.90. The van der Waals surface area contributed by atoms with Crippen molar-refractivity contribution >= 4 is 29.7 Å². The minimum absolute atomic E-state index is 0. The second-order valence-electron chi connectivity index (χ2n) is 5.95. The number of amides is 1. The van der Waals surface area contributed by atoms with E-state index in [2.05, 4.69) is 10.6 Å². The number of carbonyl (C=O) groups excluding carboxylic acids is 1. The van der Waals surface area contributed by atoms with Crippen LogP contribution in [0.2, 0.25) is 0 Å². The highest BCUT2D eigenvalue weighted by molar-refractivity contribution is 5.96. The van der Waals surface area contributed by atoms with Gasteiger partial charge in [-0.25, -0.2) is 0 Å². The molecule has 0 bridgehead atoms. The van der Waals surface area contributed by atoms with Crippen LogP contribution in [0.4, 0.5) is 11.4 Å². The molecular formula is C14H21ClN4O3. The third-order valence-electron chi connectivity index (χ3n) is 3.36. The lowest BCUT2D eigenvalue weighted by Crippen LogP contribution is -2.48. The van der Waals surface area contributed by atoms with Crippen molar-refractivity contribution in [3.63, 3.8) is 0 Å². The molecule has 0 spiro atoms. The second kappa shape index (κ2) is 6.93. The smallest absolute Gasteiger partial charge is 0.293 e. The molecule has 7 nitrogen and oxygen atoms in total. The molecule has 0 aliphatic heterocycles. The Morgan fingerprint density at radius 2 is 2.09 bits per heavy atom. The average molecular weight is 329 g/mol. The molecule has 0 saturated heterocycles. The predicted octanol–water partition coefficient (Wildman–Crippen LogP) is 2.06. The molecule has 1 amide bonds. The van der Waals surface area contributed by atoms with E-state index in [1.165, 1.54) is 6.07 Å². The lowest BCUT2D eigenvalue weighted by atomic mass is 10.0. The Morgan fingerprint density at radius 1 is 1.45 bits per heavy atom. The van der Waals surface area contributed by atoms with Crippen LogP contribution in [0.1, 0.15) is 37.0 Å². The lowest BCUT2D eigenvalue weighted by Gasteiger charge is -2.24. The molecule has 2 rings (SSSR count). The van der Waals surface area contributed by atoms with E-state index in [-0.39, 0.29) is 36.1 Å². The molecule has 0 heterocycles. The maximum Gasteiger partial charge on any atom is 0.293 e. The minimum Gasteiger partial charge on any atom is -0.377 e. The van der Waals surface area contributed by atoms with Gasteiger partial charge in [0, 0.05) is 29.8 Å². The predicted molar refractivity (Wildman–Crippen MR) is 87.6 cm³/mol. The van der Waals surface area contributed by atoms with Gasteiger partial charge in [0.1, 0.15) is 5.69 Å². The number of hydrogen-bond acceptors (Lipinski definition) is 5. The van der Waals surface area contributed by atoms with Gasteiger partial charge in [0.2, 0.25) is 0 Å². The number of nitrogens with one attached hydrogen (secondary N) is 2. The van der Waals surface area contributed by atoms with E-state index in [0.29, 0.717) is 11.7 Å². The number of halogens is 1. The van der Waals surface area contributed by atoms with Gasteiger partial charge in [-0.1, -0.05) is 0 Å². The number of carbonyl (C=O) groups is 1. The molecule has 1 aliphatic carbocycles. The number of hydrogen-bond donors (Lipinski definition) is 3. The molecule has 1 fully saturated rings. The van der Waals surface area contributed by atoms with Crippen LogP contribution < -0.4 is 16.4 Å². The Balaban J connectivity index is 0.00000242. The Kier molecular flexibility index (Phi) is 5.73. The first-order chi connectivity index (χ1) is 9.82. The molecule has 4 N–H and O–H groups in total. The van der Waals surface area contributed by atoms with Gasteiger partial charge in [-0.15, -0.1) is 12.4 Å². The molecule has 1 aromatic rings. The van der Waals surface area contributed by atoms with Crippen LogP contribution >= 0.6 is 12.4 Å². The van der Waals surface area contributed by atoms with Gasteiger partial charge >= 0.3 is 0 Å². The van der Waals surface area contributed by atoms with Crippen LogP contribution in [0.15, 0.2) is 18.2 Å². The molecule has 1 aliphatic rings. The first kappa shape index (κ1) is 18.2. The third kappa shape index (κ3) is 4.57. The maximum atomic E-state index is 12.1. The van der Waals surface area contributed by atoms with Gasteiger partial charge < -0.3 is 16.4 Å². The molecular weight excluding hydrogens is 308 g/mol. The van der Waals surface area contributed by atoms with Crippen LogP contribution in [-0.4, -0.2) is 29.0 Å². The molecule has 1 saturated carbocycles. The fourth-order valence-electron chi connectivity index (χ4n) is 1.82. The summed E-state index contributed by atoms with van der Waals surface area (Å²) < 4.78 is 0. The summed E-state index contributed by atoms with van der Waals surface area (Å²) in [5.74, 6) is -0.369. The minimum atomic E-state index is -0.559. The number of nitro benzene ring substituents is 1. The topological polar surface area (TPSA) is 110 Å². The van der Waals surface area contributed by atoms with Crippen LogP contribution in [0.5, 0.6) is 0 Å². The van der Waals surface area contributed by atoms with Gasteiger partial charge in [-0.05, 0) is 38.8 Å². The Bertz CT molecular complexity index is 573. The third-order valence-corrected chi connectivity index (χ3v) is 3.36. The summed E-state index contributed by atoms with van der Waals surface area (Å²) in [7, 11) is 0. The van der Waals surface area contributed by atoms with Crippen molar-refractivity contribution in [2.24, 2.45) is 5.73 Å². The van der Waals surface area contributed by atoms with E-state index in [0.717, 1.165) is 12.8 Å². The van der Waals surface area contributed by atoms with Crippen molar-refractivity contribution in [1.82, 2.24) is 5.32 Å². The molecule has 122 valence electrons. The van der Waals surface area contributed by atoms with Gasteiger partial charge in [-0.2, -0.15) is 0 Å². The first-order valence-corrected chi connectivity index (χ1v) is 6.90. The highest BCUT2D eigenvalue weighted by atomic mass is 35.5. The Morgan fingerprint density at radius 3 is 2.59 bits per heavy atom. The van der Waals surface area contributed by atoms with E-state index >= 15 is 0 Å². The molecule has 0 aromatic heterocycles. The summed E-state index contributed by atoms with van der Waals surface area (Å²) in [6.45, 7) is 3.87. The number of nitrogens with zero attached hydrogens (tertiary/aromatic N) is 1. The zero-order valence-corrected chi connectivity index (χ0v) is 13.4. The van der Waals surface area contributed by atoms with Gasteiger partial charge in [0.15, 0.2) is 0 Å². The number of benzene rings is 1. The molecule has 1 aromatic carbocycles. The average Bonchev–Trinajstić information content (AvgIpc) is 3.22. The summed E-state index contributed by atoms with van der Waals surface area (Å²) in [6, 6.07) is 4.77. The van der Waals surface area contributed by atoms with E-state index in [9.17, 15) is 14.9 Å². The molecule has 8 heteroatoms. The van der Waals surface area contributed by atoms with Gasteiger partial charge in [-0.3, -0.25) is 14.9 Å². The molecule has 22 heavy (non-hydrogen) atoms. The van der Waals surface area contributed by atoms with Crippen molar-refractivity contribution in [3.8, 4) is 0 Å². The molecule has 0 unspecified atom stereocenters. The monoisotopic (exact) mass is 328 g/mol. The summed E-state index contributed by atoms with van der Waals surface area (Å²) in [5, 5.41) is 17.0. The quantitative estimate of drug-likeness (QED) is 0.547. The molecule has 0 atom stereocenters. The largest absolute Gasteiger partial charge is 0.377 e. The standard InChI is InChI=1S/C14H20N4O3.ClH/c1-14(2,8-15)17-13(19)9-3-6-11(16-10-4-5-10)12(7-9)18(20)21;/h3,6-7,10,16H,4-5,8,15H2,1-2H3,(H,17,19);1H. The fourth-order valence-corrected chi connectivity index (χ4v) is 1.82. The van der Waals surface area contributed by atoms with E-state index in [1.54, 1.807) is 26.0 Å². The van der Waals surface area contributed by atoms with Crippen molar-refractivity contribution in [1.29, 1.82) is 0 Å². The zero-order valence-electron chi connectivity index (χ0n) is 12.6. The van der Waals surface area contributed by atoms with Crippen LogP contribution in [-0.2, 0) is 0 Å². The van der Waals surface area contributed by atoms with Crippen LogP contribution in [0, 0.1) is 10.1 Å². The number of nitro groups is 1. The van der Waals surface area contributed by atoms with Crippen molar-refractivity contribution in [2.75, 3.05) is 11.9 Å². The van der Waals surface area contributed by atoms with E-state index < -0.39 is 10.5 Å². The normalized spacial score (nSPS) is 14.0. The lowest BCUT2D eigenvalue weighted by molar-refractivity contribution is -0.384. The maximum absolute atomic E-state index is 12.1. The van der Waals surface area contributed by atoms with Crippen molar-refractivity contribution < 1.29 is 9.72 Å². The van der Waals surface area contributed by atoms with E-state index in [4.69, 9.17) is 5.73 Å². The van der Waals surface area contributed by atoms with Crippen LogP contribution in [0.3, 0.4) is 0 Å². The van der Waals surface area contributed by atoms with Crippen molar-refractivity contribution in [3.05, 3.63) is 33.9 Å². The van der Waals surface area contributed by atoms with E-state index in [1.807, 2.05) is 0 Å². The Hall–Kier alpha value is -1.86. The molecule has 0 radical (unpaired) electrons. The van der Waals surface area contributed by atoms with Gasteiger partial charge in [0.25, 0.3) is 11.6 Å². The number of rotatable bonds is 6. The van der Waals surface area contributed by atoms with Crippen molar-refractivity contribution in [2.45, 2.75) is 38.3 Å². The summed E-state index contributed by atoms with van der Waals surface area (Å²) in [4.78, 5) is 22.8. The SMILES string of the molecule is CC(C)(CN)NC(=O)c1ccc(NC2CC2)c([N+](=O)[O-])c1.Cl. The summed E-state index contributed by atoms with van der Waals surface area (Å²) in [6.07, 6.45) is 2.04. The summed E-state index contributed by atoms with van der Waals surface area (Å²) in [5.41, 5.74) is 5.63. The summed E-state index contributed by atoms with van der Waals surface area (Å²) >= 11 is 0. The number of nitrogens with two attached hydrogens (primary N) is 1. The highest BCUT2D eigenvalue weighted by Gasteiger charge is 2.26. The zero-order chi connectivity index (χ0) is 15.6. The van der Waals surface area contributed by atoms with Gasteiger partial charge in [0.05, 0.1) is 4.92 Å². The number of anilines is 1. The van der Waals surface area contributed by atoms with Crippen LogP contribution in [0.25, 0.3) is 0 Å².